The highest BCUT2D eigenvalue weighted by atomic mass is 16.5. The Morgan fingerprint density at radius 1 is 1.11 bits per heavy atom. The molecule has 1 aromatic carbocycles. The van der Waals surface area contributed by atoms with Gasteiger partial charge in [-0.3, -0.25) is 9.48 Å². The zero-order valence-electron chi connectivity index (χ0n) is 15.0. The predicted octanol–water partition coefficient (Wildman–Crippen LogP) is 2.11. The van der Waals surface area contributed by atoms with E-state index in [4.69, 9.17) is 9.15 Å². The largest absolute Gasteiger partial charge is 0.465 e. The Hall–Kier alpha value is -3.88. The van der Waals surface area contributed by atoms with E-state index in [1.54, 1.807) is 47.4 Å². The molecule has 3 aromatic rings. The van der Waals surface area contributed by atoms with E-state index in [2.05, 4.69) is 15.2 Å². The number of anilines is 1. The van der Waals surface area contributed by atoms with Crippen molar-refractivity contribution in [3.8, 4) is 0 Å². The molecule has 0 saturated heterocycles. The smallest absolute Gasteiger partial charge is 0.374 e. The monoisotopic (exact) mass is 383 g/mol. The number of nitrogens with one attached hydrogen (secondary N) is 1. The lowest BCUT2D eigenvalue weighted by atomic mass is 10.2. The van der Waals surface area contributed by atoms with Crippen LogP contribution < -0.4 is 5.32 Å². The fourth-order valence-corrected chi connectivity index (χ4v) is 2.39. The molecule has 0 aliphatic rings. The van der Waals surface area contributed by atoms with E-state index < -0.39 is 24.5 Å². The first-order chi connectivity index (χ1) is 13.6. The number of aromatic nitrogens is 2. The van der Waals surface area contributed by atoms with E-state index in [0.717, 1.165) is 0 Å². The first-order valence-corrected chi connectivity index (χ1v) is 8.27. The van der Waals surface area contributed by atoms with Gasteiger partial charge in [0.15, 0.2) is 6.61 Å². The van der Waals surface area contributed by atoms with Crippen molar-refractivity contribution < 1.29 is 28.3 Å². The molecule has 2 aromatic heterocycles. The lowest BCUT2D eigenvalue weighted by Crippen LogP contribution is -2.22. The molecule has 0 aliphatic carbocycles. The third-order valence-electron chi connectivity index (χ3n) is 3.68. The number of esters is 2. The van der Waals surface area contributed by atoms with Crippen molar-refractivity contribution in [1.82, 2.24) is 9.78 Å². The number of para-hydroxylation sites is 1. The van der Waals surface area contributed by atoms with Gasteiger partial charge in [0.25, 0.3) is 5.91 Å². The molecule has 1 N–H and O–H groups in total. The summed E-state index contributed by atoms with van der Waals surface area (Å²) in [6, 6.07) is 11.2. The van der Waals surface area contributed by atoms with Gasteiger partial charge in [0.05, 0.1) is 24.9 Å². The molecule has 144 valence electrons. The van der Waals surface area contributed by atoms with Gasteiger partial charge in [-0.1, -0.05) is 12.1 Å². The third kappa shape index (κ3) is 4.64. The molecular weight excluding hydrogens is 366 g/mol. The second kappa shape index (κ2) is 8.67. The summed E-state index contributed by atoms with van der Waals surface area (Å²) in [6.07, 6.45) is 3.39. The molecule has 3 rings (SSSR count). The van der Waals surface area contributed by atoms with Crippen LogP contribution in [0.2, 0.25) is 0 Å². The summed E-state index contributed by atoms with van der Waals surface area (Å²) < 4.78 is 16.7. The highest BCUT2D eigenvalue weighted by molar-refractivity contribution is 6.02. The number of amides is 1. The molecule has 0 atom stereocenters. The molecule has 9 nitrogen and oxygen atoms in total. The second-order valence-electron chi connectivity index (χ2n) is 5.63. The van der Waals surface area contributed by atoms with E-state index in [9.17, 15) is 14.4 Å². The first kappa shape index (κ1) is 18.9. The van der Waals surface area contributed by atoms with Gasteiger partial charge in [0, 0.05) is 12.4 Å². The van der Waals surface area contributed by atoms with Gasteiger partial charge in [-0.15, -0.1) is 0 Å². The molecule has 9 heteroatoms. The van der Waals surface area contributed by atoms with Gasteiger partial charge in [0.2, 0.25) is 5.76 Å². The summed E-state index contributed by atoms with van der Waals surface area (Å²) in [4.78, 5) is 35.8. The Morgan fingerprint density at radius 3 is 2.68 bits per heavy atom. The van der Waals surface area contributed by atoms with Crippen LogP contribution in [0.1, 0.15) is 26.7 Å². The molecule has 1 amide bonds. The van der Waals surface area contributed by atoms with Crippen LogP contribution in [-0.2, 0) is 20.8 Å². The fourth-order valence-electron chi connectivity index (χ4n) is 2.39. The molecular formula is C19H17N3O6. The number of hydrogen-bond acceptors (Lipinski definition) is 7. The van der Waals surface area contributed by atoms with Gasteiger partial charge in [-0.25, -0.2) is 9.59 Å². The summed E-state index contributed by atoms with van der Waals surface area (Å²) in [5, 5.41) is 6.55. The van der Waals surface area contributed by atoms with E-state index in [-0.39, 0.29) is 17.0 Å². The quantitative estimate of drug-likeness (QED) is 0.622. The van der Waals surface area contributed by atoms with E-state index >= 15 is 0 Å². The summed E-state index contributed by atoms with van der Waals surface area (Å²) in [6.45, 7) is -0.172. The van der Waals surface area contributed by atoms with Crippen molar-refractivity contribution in [2.45, 2.75) is 6.54 Å². The van der Waals surface area contributed by atoms with Crippen molar-refractivity contribution in [2.75, 3.05) is 19.0 Å². The van der Waals surface area contributed by atoms with E-state index in [1.165, 1.54) is 19.2 Å². The average Bonchev–Trinajstić information content (AvgIpc) is 3.38. The number of hydrogen-bond donors (Lipinski definition) is 1. The van der Waals surface area contributed by atoms with Crippen LogP contribution in [0.25, 0.3) is 0 Å². The van der Waals surface area contributed by atoms with E-state index in [1.807, 2.05) is 0 Å². The third-order valence-corrected chi connectivity index (χ3v) is 3.68. The van der Waals surface area contributed by atoms with Crippen molar-refractivity contribution >= 4 is 23.5 Å². The maximum Gasteiger partial charge on any atom is 0.374 e. The molecule has 2 heterocycles. The average molecular weight is 383 g/mol. The molecule has 0 saturated carbocycles. The standard InChI is InChI=1S/C19H17N3O6/c1-26-18(24)14-5-2-3-6-15(14)21-17(23)12-27-19(25)16-8-7-13(28-16)11-22-10-4-9-20-22/h2-10H,11-12H2,1H3,(H,21,23). The zero-order valence-corrected chi connectivity index (χ0v) is 15.0. The topological polar surface area (TPSA) is 113 Å². The number of rotatable bonds is 7. The maximum atomic E-state index is 12.0. The first-order valence-electron chi connectivity index (χ1n) is 8.27. The van der Waals surface area contributed by atoms with Crippen molar-refractivity contribution in [1.29, 1.82) is 0 Å². The molecule has 0 bridgehead atoms. The van der Waals surface area contributed by atoms with Gasteiger partial charge in [-0.2, -0.15) is 5.10 Å². The van der Waals surface area contributed by atoms with Crippen LogP contribution >= 0.6 is 0 Å². The van der Waals surface area contributed by atoms with Crippen LogP contribution in [0.3, 0.4) is 0 Å². The molecule has 0 spiro atoms. The number of ether oxygens (including phenoxy) is 2. The molecule has 28 heavy (non-hydrogen) atoms. The highest BCUT2D eigenvalue weighted by Gasteiger charge is 2.17. The number of carbonyl (C=O) groups is 3. The van der Waals surface area contributed by atoms with Crippen molar-refractivity contribution in [2.24, 2.45) is 0 Å². The zero-order chi connectivity index (χ0) is 19.9. The summed E-state index contributed by atoms with van der Waals surface area (Å²) in [5.74, 6) is -1.47. The van der Waals surface area contributed by atoms with Crippen LogP contribution in [0.4, 0.5) is 5.69 Å². The van der Waals surface area contributed by atoms with Crippen molar-refractivity contribution in [3.05, 3.63) is 71.9 Å². The fraction of sp³-hybridized carbons (Fsp3) is 0.158. The summed E-state index contributed by atoms with van der Waals surface area (Å²) >= 11 is 0. The second-order valence-corrected chi connectivity index (χ2v) is 5.63. The molecule has 0 aliphatic heterocycles. The molecule has 0 unspecified atom stereocenters. The van der Waals surface area contributed by atoms with Crippen LogP contribution in [0.15, 0.2) is 59.3 Å². The maximum absolute atomic E-state index is 12.0. The van der Waals surface area contributed by atoms with Gasteiger partial charge in [0.1, 0.15) is 5.76 Å². The molecule has 0 radical (unpaired) electrons. The summed E-state index contributed by atoms with van der Waals surface area (Å²) in [7, 11) is 1.24. The Labute approximate surface area is 159 Å². The van der Waals surface area contributed by atoms with E-state index in [0.29, 0.717) is 12.3 Å². The lowest BCUT2D eigenvalue weighted by Gasteiger charge is -2.09. The van der Waals surface area contributed by atoms with Crippen molar-refractivity contribution in [3.63, 3.8) is 0 Å². The van der Waals surface area contributed by atoms with Crippen LogP contribution in [0, 0.1) is 0 Å². The predicted molar refractivity (Wildman–Crippen MR) is 96.7 cm³/mol. The normalized spacial score (nSPS) is 10.3. The minimum Gasteiger partial charge on any atom is -0.465 e. The number of benzene rings is 1. The SMILES string of the molecule is COC(=O)c1ccccc1NC(=O)COC(=O)c1ccc(Cn2cccn2)o1. The number of carbonyl (C=O) groups excluding carboxylic acids is 3. The van der Waals surface area contributed by atoms with Gasteiger partial charge < -0.3 is 19.2 Å². The Kier molecular flexibility index (Phi) is 5.85. The molecule has 0 fully saturated rings. The lowest BCUT2D eigenvalue weighted by molar-refractivity contribution is -0.119. The number of nitrogens with zero attached hydrogens (tertiary/aromatic N) is 2. The van der Waals surface area contributed by atoms with Gasteiger partial charge in [-0.05, 0) is 30.3 Å². The summed E-state index contributed by atoms with van der Waals surface area (Å²) in [5.41, 5.74) is 0.453. The Morgan fingerprint density at radius 2 is 1.93 bits per heavy atom. The van der Waals surface area contributed by atoms with Crippen LogP contribution in [0.5, 0.6) is 0 Å². The minimum absolute atomic E-state index is 0.0232. The Balaban J connectivity index is 1.54. The number of methoxy groups -OCH3 is 1. The minimum atomic E-state index is -0.775. The van der Waals surface area contributed by atoms with Gasteiger partial charge >= 0.3 is 11.9 Å². The highest BCUT2D eigenvalue weighted by Crippen LogP contribution is 2.16. The number of furan rings is 1. The van der Waals surface area contributed by atoms with Crippen LogP contribution in [-0.4, -0.2) is 41.3 Å². The Bertz CT molecular complexity index is 977.